The largest absolute Gasteiger partial charge is 0.361 e. The van der Waals surface area contributed by atoms with Crippen LogP contribution in [0.2, 0.25) is 0 Å². The Morgan fingerprint density at radius 3 is 2.77 bits per heavy atom. The van der Waals surface area contributed by atoms with Crippen LogP contribution in [0.1, 0.15) is 67.0 Å². The van der Waals surface area contributed by atoms with E-state index in [-0.39, 0.29) is 18.5 Å². The molecule has 4 aromatic rings. The maximum Gasteiger partial charge on any atom is 0.252 e. The Balaban J connectivity index is 1.68. The van der Waals surface area contributed by atoms with Gasteiger partial charge in [-0.05, 0) is 58.5 Å². The number of carbonyl (C=O) groups is 1. The number of fused-ring (bicyclic) bond motifs is 1. The molecule has 0 aliphatic rings. The van der Waals surface area contributed by atoms with Crippen LogP contribution in [-0.4, -0.2) is 44.3 Å². The number of pyridine rings is 1. The molecule has 1 aromatic carbocycles. The van der Waals surface area contributed by atoms with Gasteiger partial charge in [-0.15, -0.1) is 0 Å². The zero-order chi connectivity index (χ0) is 24.9. The average Bonchev–Trinajstić information content (AvgIpc) is 3.46. The Hall–Kier alpha value is -3.52. The number of unbranched alkanes of at least 4 members (excludes halogenated alkanes) is 1. The minimum Gasteiger partial charge on any atom is -0.361 e. The van der Waals surface area contributed by atoms with Crippen molar-refractivity contribution >= 4 is 16.9 Å². The van der Waals surface area contributed by atoms with Crippen molar-refractivity contribution in [2.75, 3.05) is 13.6 Å². The van der Waals surface area contributed by atoms with Crippen molar-refractivity contribution in [1.82, 2.24) is 30.1 Å². The van der Waals surface area contributed by atoms with Crippen molar-refractivity contribution in [2.24, 2.45) is 0 Å². The second-order valence-corrected chi connectivity index (χ2v) is 9.38. The number of carbonyl (C=O) groups excluding carboxylic acids is 1. The highest BCUT2D eigenvalue weighted by atomic mass is 16.5. The van der Waals surface area contributed by atoms with Crippen molar-refractivity contribution in [1.29, 1.82) is 0 Å². The molecular formula is C27H34N6O2. The van der Waals surface area contributed by atoms with Crippen molar-refractivity contribution < 1.29 is 9.32 Å². The van der Waals surface area contributed by atoms with Crippen molar-refractivity contribution in [3.8, 4) is 11.3 Å². The van der Waals surface area contributed by atoms with Crippen molar-refractivity contribution in [3.05, 3.63) is 65.2 Å². The van der Waals surface area contributed by atoms with Gasteiger partial charge in [0.05, 0.1) is 29.4 Å². The average molecular weight is 475 g/mol. The van der Waals surface area contributed by atoms with Gasteiger partial charge in [-0.1, -0.05) is 36.7 Å². The topological polar surface area (TPSA) is 89.1 Å². The third kappa shape index (κ3) is 5.77. The smallest absolute Gasteiger partial charge is 0.252 e. The molecule has 0 saturated heterocycles. The van der Waals surface area contributed by atoms with Gasteiger partial charge in [0.2, 0.25) is 0 Å². The molecule has 8 heteroatoms. The number of benzene rings is 1. The maximum atomic E-state index is 13.3. The number of nitrogens with zero attached hydrogens (tertiary/aromatic N) is 5. The third-order valence-electron chi connectivity index (χ3n) is 5.98. The number of aromatic nitrogens is 4. The van der Waals surface area contributed by atoms with Gasteiger partial charge in [-0.25, -0.2) is 9.67 Å². The van der Waals surface area contributed by atoms with Gasteiger partial charge in [-0.2, -0.15) is 5.10 Å². The van der Waals surface area contributed by atoms with Crippen LogP contribution in [0.15, 0.2) is 47.1 Å². The standard InChI is InChI=1S/C27H34N6O2/c1-6-7-11-32(5)17-20-9-8-10-21(13-20)25-14-23(24-16-29-33(18(2)3)26(24)30-25)27(34)28-15-22-12-19(4)35-31-22/h8-10,12-14,16,18H,6-7,11,15,17H2,1-5H3,(H,28,34). The number of aryl methyl sites for hydroxylation is 1. The summed E-state index contributed by atoms with van der Waals surface area (Å²) >= 11 is 0. The zero-order valence-electron chi connectivity index (χ0n) is 21.2. The van der Waals surface area contributed by atoms with E-state index in [1.54, 1.807) is 6.20 Å². The van der Waals surface area contributed by atoms with Gasteiger partial charge in [0, 0.05) is 24.2 Å². The molecule has 0 radical (unpaired) electrons. The lowest BCUT2D eigenvalue weighted by atomic mass is 10.0. The molecule has 1 amide bonds. The number of hydrogen-bond acceptors (Lipinski definition) is 6. The molecule has 0 bridgehead atoms. The lowest BCUT2D eigenvalue weighted by molar-refractivity contribution is 0.0951. The number of rotatable bonds is 10. The maximum absolute atomic E-state index is 13.3. The fourth-order valence-electron chi connectivity index (χ4n) is 4.15. The molecule has 0 unspecified atom stereocenters. The van der Waals surface area contributed by atoms with E-state index >= 15 is 0 Å². The molecule has 0 atom stereocenters. The molecule has 0 saturated carbocycles. The van der Waals surface area contributed by atoms with Crippen LogP contribution in [0, 0.1) is 6.92 Å². The Bertz CT molecular complexity index is 1310. The van der Waals surface area contributed by atoms with E-state index in [2.05, 4.69) is 66.5 Å². The minimum atomic E-state index is -0.196. The van der Waals surface area contributed by atoms with Crippen LogP contribution in [-0.2, 0) is 13.1 Å². The molecule has 1 N–H and O–H groups in total. The predicted molar refractivity (Wildman–Crippen MR) is 137 cm³/mol. The van der Waals surface area contributed by atoms with Gasteiger partial charge in [-0.3, -0.25) is 4.79 Å². The second kappa shape index (κ2) is 10.8. The highest BCUT2D eigenvalue weighted by Gasteiger charge is 2.19. The van der Waals surface area contributed by atoms with Gasteiger partial charge >= 0.3 is 0 Å². The Kier molecular flexibility index (Phi) is 7.60. The molecule has 184 valence electrons. The Morgan fingerprint density at radius 2 is 2.06 bits per heavy atom. The molecule has 35 heavy (non-hydrogen) atoms. The number of amides is 1. The predicted octanol–water partition coefficient (Wildman–Crippen LogP) is 5.14. The molecule has 3 aromatic heterocycles. The van der Waals surface area contributed by atoms with Crippen molar-refractivity contribution in [2.45, 2.75) is 59.7 Å². The summed E-state index contributed by atoms with van der Waals surface area (Å²) < 4.78 is 6.97. The molecule has 0 aliphatic carbocycles. The van der Waals surface area contributed by atoms with Crippen LogP contribution < -0.4 is 5.32 Å². The minimum absolute atomic E-state index is 0.114. The second-order valence-electron chi connectivity index (χ2n) is 9.38. The molecule has 4 rings (SSSR count). The summed E-state index contributed by atoms with van der Waals surface area (Å²) in [5, 5.41) is 12.2. The van der Waals surface area contributed by atoms with E-state index < -0.39 is 0 Å². The molecule has 0 aliphatic heterocycles. The summed E-state index contributed by atoms with van der Waals surface area (Å²) in [5.74, 6) is 0.513. The lowest BCUT2D eigenvalue weighted by Crippen LogP contribution is -2.23. The van der Waals surface area contributed by atoms with E-state index in [1.807, 2.05) is 29.8 Å². The van der Waals surface area contributed by atoms with Gasteiger partial charge in [0.25, 0.3) is 5.91 Å². The fraction of sp³-hybridized carbons (Fsp3) is 0.407. The summed E-state index contributed by atoms with van der Waals surface area (Å²) in [4.78, 5) is 20.5. The first-order chi connectivity index (χ1) is 16.9. The summed E-state index contributed by atoms with van der Waals surface area (Å²) in [5.41, 5.74) is 4.87. The lowest BCUT2D eigenvalue weighted by Gasteiger charge is -2.17. The van der Waals surface area contributed by atoms with Gasteiger partial charge in [0.15, 0.2) is 5.65 Å². The SMILES string of the molecule is CCCCN(C)Cc1cccc(-c2cc(C(=O)NCc3cc(C)on3)c3cnn(C(C)C)c3n2)c1. The van der Waals surface area contributed by atoms with Gasteiger partial charge in [0.1, 0.15) is 11.5 Å². The molecule has 0 spiro atoms. The normalized spacial score (nSPS) is 11.6. The van der Waals surface area contributed by atoms with Crippen LogP contribution >= 0.6 is 0 Å². The first-order valence-corrected chi connectivity index (χ1v) is 12.2. The van der Waals surface area contributed by atoms with Crippen LogP contribution in [0.3, 0.4) is 0 Å². The van der Waals surface area contributed by atoms with Crippen molar-refractivity contribution in [3.63, 3.8) is 0 Å². The summed E-state index contributed by atoms with van der Waals surface area (Å²) in [6.45, 7) is 10.4. The highest BCUT2D eigenvalue weighted by Crippen LogP contribution is 2.27. The van der Waals surface area contributed by atoms with E-state index in [0.717, 1.165) is 29.7 Å². The zero-order valence-corrected chi connectivity index (χ0v) is 21.2. The summed E-state index contributed by atoms with van der Waals surface area (Å²) in [7, 11) is 2.15. The Morgan fingerprint density at radius 1 is 1.23 bits per heavy atom. The Labute approximate surface area is 206 Å². The van der Waals surface area contributed by atoms with E-state index in [4.69, 9.17) is 9.51 Å². The quantitative estimate of drug-likeness (QED) is 0.342. The molecule has 8 nitrogen and oxygen atoms in total. The monoisotopic (exact) mass is 474 g/mol. The molecular weight excluding hydrogens is 440 g/mol. The van der Waals surface area contributed by atoms with Gasteiger partial charge < -0.3 is 14.7 Å². The molecule has 3 heterocycles. The summed E-state index contributed by atoms with van der Waals surface area (Å²) in [6.07, 6.45) is 4.08. The van der Waals surface area contributed by atoms with Crippen LogP contribution in [0.25, 0.3) is 22.3 Å². The van der Waals surface area contributed by atoms with E-state index in [0.29, 0.717) is 22.7 Å². The number of hydrogen-bond donors (Lipinski definition) is 1. The third-order valence-corrected chi connectivity index (χ3v) is 5.98. The first kappa shape index (κ1) is 24.6. The van der Waals surface area contributed by atoms with E-state index in [9.17, 15) is 4.79 Å². The highest BCUT2D eigenvalue weighted by molar-refractivity contribution is 6.06. The first-order valence-electron chi connectivity index (χ1n) is 12.2. The van der Waals surface area contributed by atoms with Crippen LogP contribution in [0.4, 0.5) is 0 Å². The van der Waals surface area contributed by atoms with E-state index in [1.165, 1.54) is 18.4 Å². The fourth-order valence-corrected chi connectivity index (χ4v) is 4.15. The van der Waals surface area contributed by atoms with Crippen LogP contribution in [0.5, 0.6) is 0 Å². The summed E-state index contributed by atoms with van der Waals surface area (Å²) in [6, 6.07) is 12.2. The molecule has 0 fully saturated rings. The number of nitrogens with one attached hydrogen (secondary N) is 1.